The van der Waals surface area contributed by atoms with Crippen LogP contribution in [0.4, 0.5) is 5.69 Å². The van der Waals surface area contributed by atoms with Gasteiger partial charge in [-0.05, 0) is 36.2 Å². The summed E-state index contributed by atoms with van der Waals surface area (Å²) >= 11 is 3.37. The first-order chi connectivity index (χ1) is 11.4. The van der Waals surface area contributed by atoms with Gasteiger partial charge in [0.05, 0.1) is 5.56 Å². The Morgan fingerprint density at radius 2 is 1.83 bits per heavy atom. The molecule has 0 aliphatic carbocycles. The van der Waals surface area contributed by atoms with Crippen molar-refractivity contribution in [1.82, 2.24) is 4.90 Å². The van der Waals surface area contributed by atoms with Gasteiger partial charge in [-0.25, -0.2) is 4.79 Å². The summed E-state index contributed by atoms with van der Waals surface area (Å²) in [7, 11) is 1.67. The molecule has 0 aliphatic heterocycles. The molecule has 0 fully saturated rings. The summed E-state index contributed by atoms with van der Waals surface area (Å²) in [5.41, 5.74) is 8.30. The van der Waals surface area contributed by atoms with E-state index in [9.17, 15) is 9.59 Å². The highest BCUT2D eigenvalue weighted by molar-refractivity contribution is 9.10. The largest absolute Gasteiger partial charge is 0.452 e. The number of carbonyl (C=O) groups excluding carboxylic acids is 2. The maximum absolute atomic E-state index is 12.1. The van der Waals surface area contributed by atoms with Gasteiger partial charge in [-0.15, -0.1) is 0 Å². The third kappa shape index (κ3) is 4.58. The van der Waals surface area contributed by atoms with Crippen molar-refractivity contribution in [3.05, 3.63) is 63.6 Å². The molecule has 0 bridgehead atoms. The number of ether oxygens (including phenoxy) is 1. The Morgan fingerprint density at radius 3 is 2.50 bits per heavy atom. The summed E-state index contributed by atoms with van der Waals surface area (Å²) in [6, 6.07) is 12.8. The van der Waals surface area contributed by atoms with Crippen molar-refractivity contribution in [3.8, 4) is 0 Å². The highest BCUT2D eigenvalue weighted by atomic mass is 79.9. The lowest BCUT2D eigenvalue weighted by molar-refractivity contribution is -0.133. The molecule has 0 radical (unpaired) electrons. The first-order valence-corrected chi connectivity index (χ1v) is 8.18. The summed E-state index contributed by atoms with van der Waals surface area (Å²) < 4.78 is 6.06. The number of nitrogens with two attached hydrogens (primary N) is 1. The number of likely N-dealkylation sites (N-methyl/N-ethyl adjacent to an activating group) is 1. The Kier molecular flexibility index (Phi) is 5.98. The second-order valence-corrected chi connectivity index (χ2v) is 6.40. The summed E-state index contributed by atoms with van der Waals surface area (Å²) in [6.45, 7) is 1.93. The van der Waals surface area contributed by atoms with Gasteiger partial charge in [0.2, 0.25) is 0 Å². The van der Waals surface area contributed by atoms with Crippen LogP contribution in [0.25, 0.3) is 0 Å². The zero-order valence-electron chi connectivity index (χ0n) is 13.6. The molecule has 0 saturated heterocycles. The van der Waals surface area contributed by atoms with Crippen molar-refractivity contribution in [3.63, 3.8) is 0 Å². The van der Waals surface area contributed by atoms with E-state index in [0.717, 1.165) is 15.6 Å². The number of amides is 1. The topological polar surface area (TPSA) is 72.6 Å². The molecule has 0 unspecified atom stereocenters. The fraction of sp³-hybridized carbons (Fsp3) is 0.222. The smallest absolute Gasteiger partial charge is 0.340 e. The van der Waals surface area contributed by atoms with Crippen LogP contribution >= 0.6 is 15.9 Å². The molecular formula is C18H19BrN2O3. The van der Waals surface area contributed by atoms with Gasteiger partial charge < -0.3 is 15.4 Å². The Morgan fingerprint density at radius 1 is 1.17 bits per heavy atom. The van der Waals surface area contributed by atoms with Crippen molar-refractivity contribution in [2.24, 2.45) is 0 Å². The molecule has 126 valence electrons. The molecule has 0 atom stereocenters. The molecule has 2 aromatic rings. The molecule has 0 spiro atoms. The second-order valence-electron chi connectivity index (χ2n) is 5.49. The van der Waals surface area contributed by atoms with Gasteiger partial charge in [0.1, 0.15) is 0 Å². The summed E-state index contributed by atoms with van der Waals surface area (Å²) in [5, 5.41) is 0. The summed E-state index contributed by atoms with van der Waals surface area (Å²) in [4.78, 5) is 25.7. The Labute approximate surface area is 149 Å². The summed E-state index contributed by atoms with van der Waals surface area (Å²) in [6.07, 6.45) is 0. The quantitative estimate of drug-likeness (QED) is 0.628. The van der Waals surface area contributed by atoms with Gasteiger partial charge in [-0.2, -0.15) is 0 Å². The third-order valence-corrected chi connectivity index (χ3v) is 4.16. The van der Waals surface area contributed by atoms with Crippen LogP contribution < -0.4 is 5.73 Å². The predicted molar refractivity (Wildman–Crippen MR) is 96.5 cm³/mol. The zero-order valence-corrected chi connectivity index (χ0v) is 15.2. The molecule has 0 heterocycles. The minimum Gasteiger partial charge on any atom is -0.452 e. The average Bonchev–Trinajstić information content (AvgIpc) is 2.56. The lowest BCUT2D eigenvalue weighted by Crippen LogP contribution is -2.30. The standard InChI is InChI=1S/C18H19BrN2O3/c1-12-4-3-5-15(17(12)20)18(23)24-11-16(22)21(2)10-13-6-8-14(19)9-7-13/h3-9H,10-11,20H2,1-2H3. The molecule has 0 saturated carbocycles. The number of hydrogen-bond acceptors (Lipinski definition) is 4. The van der Waals surface area contributed by atoms with Crippen molar-refractivity contribution >= 4 is 33.5 Å². The number of hydrogen-bond donors (Lipinski definition) is 1. The molecule has 0 aliphatic rings. The molecule has 5 nitrogen and oxygen atoms in total. The monoisotopic (exact) mass is 390 g/mol. The minimum absolute atomic E-state index is 0.276. The van der Waals surface area contributed by atoms with Crippen LogP contribution in [0.1, 0.15) is 21.5 Å². The summed E-state index contributed by atoms with van der Waals surface area (Å²) in [5.74, 6) is -0.876. The molecule has 2 N–H and O–H groups in total. The van der Waals surface area contributed by atoms with Gasteiger partial charge in [-0.3, -0.25) is 4.79 Å². The van der Waals surface area contributed by atoms with Crippen LogP contribution in [0.3, 0.4) is 0 Å². The number of anilines is 1. The van der Waals surface area contributed by atoms with E-state index in [1.54, 1.807) is 19.2 Å². The molecule has 24 heavy (non-hydrogen) atoms. The maximum atomic E-state index is 12.1. The average molecular weight is 391 g/mol. The maximum Gasteiger partial charge on any atom is 0.340 e. The van der Waals surface area contributed by atoms with E-state index < -0.39 is 5.97 Å². The van der Waals surface area contributed by atoms with E-state index in [1.165, 1.54) is 4.90 Å². The molecule has 2 rings (SSSR count). The number of para-hydroxylation sites is 1. The minimum atomic E-state index is -0.596. The van der Waals surface area contributed by atoms with Crippen LogP contribution in [-0.2, 0) is 16.1 Å². The van der Waals surface area contributed by atoms with Crippen LogP contribution in [-0.4, -0.2) is 30.4 Å². The van der Waals surface area contributed by atoms with E-state index in [4.69, 9.17) is 10.5 Å². The van der Waals surface area contributed by atoms with Crippen LogP contribution in [0, 0.1) is 6.92 Å². The van der Waals surface area contributed by atoms with E-state index >= 15 is 0 Å². The highest BCUT2D eigenvalue weighted by Crippen LogP contribution is 2.17. The van der Waals surface area contributed by atoms with Crippen LogP contribution in [0.15, 0.2) is 46.9 Å². The van der Waals surface area contributed by atoms with E-state index in [1.807, 2.05) is 37.3 Å². The third-order valence-electron chi connectivity index (χ3n) is 3.63. The lowest BCUT2D eigenvalue weighted by atomic mass is 10.1. The SMILES string of the molecule is Cc1cccc(C(=O)OCC(=O)N(C)Cc2ccc(Br)cc2)c1N. The Hall–Kier alpha value is -2.34. The Balaban J connectivity index is 1.91. The first-order valence-electron chi connectivity index (χ1n) is 7.39. The normalized spacial score (nSPS) is 10.3. The van der Waals surface area contributed by atoms with E-state index in [-0.39, 0.29) is 18.1 Å². The van der Waals surface area contributed by atoms with Gasteiger partial charge in [-0.1, -0.05) is 40.2 Å². The number of halogens is 1. The number of benzene rings is 2. The van der Waals surface area contributed by atoms with Crippen LogP contribution in [0.5, 0.6) is 0 Å². The van der Waals surface area contributed by atoms with Gasteiger partial charge in [0.15, 0.2) is 6.61 Å². The van der Waals surface area contributed by atoms with E-state index in [0.29, 0.717) is 12.2 Å². The van der Waals surface area contributed by atoms with E-state index in [2.05, 4.69) is 15.9 Å². The molecule has 2 aromatic carbocycles. The lowest BCUT2D eigenvalue weighted by Gasteiger charge is -2.17. The number of aryl methyl sites for hydroxylation is 1. The predicted octanol–water partition coefficient (Wildman–Crippen LogP) is 3.16. The molecule has 6 heteroatoms. The first kappa shape index (κ1) is 18.0. The number of esters is 1. The zero-order chi connectivity index (χ0) is 17.7. The molecule has 1 amide bonds. The van der Waals surface area contributed by atoms with Gasteiger partial charge in [0, 0.05) is 23.8 Å². The number of rotatable bonds is 5. The number of nitrogen functional groups attached to an aromatic ring is 1. The number of carbonyl (C=O) groups is 2. The van der Waals surface area contributed by atoms with Gasteiger partial charge in [0.25, 0.3) is 5.91 Å². The fourth-order valence-corrected chi connectivity index (χ4v) is 2.39. The molecule has 0 aromatic heterocycles. The van der Waals surface area contributed by atoms with Crippen molar-refractivity contribution < 1.29 is 14.3 Å². The van der Waals surface area contributed by atoms with Crippen LogP contribution in [0.2, 0.25) is 0 Å². The second kappa shape index (κ2) is 7.97. The Bertz CT molecular complexity index is 744. The highest BCUT2D eigenvalue weighted by Gasteiger charge is 2.16. The fourth-order valence-electron chi connectivity index (χ4n) is 2.13. The molecular weight excluding hydrogens is 372 g/mol. The van der Waals surface area contributed by atoms with Crippen molar-refractivity contribution in [1.29, 1.82) is 0 Å². The van der Waals surface area contributed by atoms with Crippen molar-refractivity contribution in [2.45, 2.75) is 13.5 Å². The van der Waals surface area contributed by atoms with Gasteiger partial charge >= 0.3 is 5.97 Å². The van der Waals surface area contributed by atoms with Crippen molar-refractivity contribution in [2.75, 3.05) is 19.4 Å². The number of nitrogens with zero attached hydrogens (tertiary/aromatic N) is 1.